The molecule has 0 aliphatic heterocycles. The molecule has 0 atom stereocenters. The molecule has 0 spiro atoms. The summed E-state index contributed by atoms with van der Waals surface area (Å²) in [7, 11) is -13.6. The van der Waals surface area contributed by atoms with Crippen LogP contribution in [-0.4, -0.2) is 73.4 Å². The second kappa shape index (κ2) is 13.3. The highest BCUT2D eigenvalue weighted by atomic mass is 32.2. The summed E-state index contributed by atoms with van der Waals surface area (Å²) in [4.78, 5) is -1.28. The Kier molecular flexibility index (Phi) is 10.5. The summed E-state index contributed by atoms with van der Waals surface area (Å²) < 4.78 is 96.6. The molecular weight excluding hydrogens is 618 g/mol. The standard InChI is InChI=1S/C24H29N3O12S3/c28-22-4-1-19(40(31,32)33)7-15(22)10-25-13-18(27-12-17-9-21(42(37,38)39)3-6-24(17)30)14-26-11-16-8-20(41(34,35)36)2-5-23(16)29/h1-9,18,25-30H,10-14H2,(H,31,32,33)(H,34,35,36)(H,37,38,39). The third-order valence-electron chi connectivity index (χ3n) is 6.04. The molecular formula is C24H29N3O12S3. The first kappa shape index (κ1) is 33.2. The van der Waals surface area contributed by atoms with Crippen LogP contribution < -0.4 is 16.0 Å². The van der Waals surface area contributed by atoms with Crippen LogP contribution in [-0.2, 0) is 50.0 Å². The molecule has 0 saturated carbocycles. The number of benzene rings is 3. The molecule has 3 rings (SSSR count). The average Bonchev–Trinajstić information content (AvgIpc) is 2.87. The fourth-order valence-corrected chi connectivity index (χ4v) is 5.42. The number of hydrogen-bond donors (Lipinski definition) is 9. The van der Waals surface area contributed by atoms with E-state index in [1.807, 2.05) is 0 Å². The minimum Gasteiger partial charge on any atom is -0.508 e. The van der Waals surface area contributed by atoms with Crippen molar-refractivity contribution in [1.82, 2.24) is 16.0 Å². The van der Waals surface area contributed by atoms with E-state index < -0.39 is 51.1 Å². The van der Waals surface area contributed by atoms with E-state index in [2.05, 4.69) is 16.0 Å². The number of phenols is 3. The van der Waals surface area contributed by atoms with E-state index in [1.54, 1.807) is 0 Å². The highest BCUT2D eigenvalue weighted by Gasteiger charge is 2.17. The van der Waals surface area contributed by atoms with Crippen LogP contribution in [0.2, 0.25) is 0 Å². The van der Waals surface area contributed by atoms with Gasteiger partial charge in [0.15, 0.2) is 0 Å². The van der Waals surface area contributed by atoms with Gasteiger partial charge in [0.05, 0.1) is 14.7 Å². The van der Waals surface area contributed by atoms with Crippen molar-refractivity contribution in [3.63, 3.8) is 0 Å². The van der Waals surface area contributed by atoms with Crippen LogP contribution in [0.4, 0.5) is 0 Å². The van der Waals surface area contributed by atoms with E-state index >= 15 is 0 Å². The number of nitrogens with one attached hydrogen (secondary N) is 3. The van der Waals surface area contributed by atoms with Gasteiger partial charge >= 0.3 is 0 Å². The zero-order valence-electron chi connectivity index (χ0n) is 21.7. The monoisotopic (exact) mass is 647 g/mol. The molecule has 0 aromatic heterocycles. The molecule has 0 bridgehead atoms. The van der Waals surface area contributed by atoms with E-state index in [0.29, 0.717) is 0 Å². The molecule has 0 aliphatic carbocycles. The Morgan fingerprint density at radius 2 is 0.833 bits per heavy atom. The number of hydrogen-bond acceptors (Lipinski definition) is 12. The van der Waals surface area contributed by atoms with Crippen molar-refractivity contribution in [2.45, 2.75) is 40.4 Å². The van der Waals surface area contributed by atoms with Crippen molar-refractivity contribution in [2.24, 2.45) is 0 Å². The van der Waals surface area contributed by atoms with Crippen molar-refractivity contribution in [3.8, 4) is 17.2 Å². The Morgan fingerprint density at radius 1 is 0.524 bits per heavy atom. The minimum absolute atomic E-state index is 0.0476. The molecule has 42 heavy (non-hydrogen) atoms. The van der Waals surface area contributed by atoms with Crippen molar-refractivity contribution in [3.05, 3.63) is 71.3 Å². The van der Waals surface area contributed by atoms with Crippen LogP contribution in [0.25, 0.3) is 0 Å². The molecule has 18 heteroatoms. The zero-order valence-corrected chi connectivity index (χ0v) is 24.1. The fraction of sp³-hybridized carbons (Fsp3) is 0.250. The summed E-state index contributed by atoms with van der Waals surface area (Å²) in [5.41, 5.74) is 0.441. The van der Waals surface area contributed by atoms with Gasteiger partial charge in [-0.2, -0.15) is 25.3 Å². The third-order valence-corrected chi connectivity index (χ3v) is 8.59. The molecule has 0 aliphatic rings. The molecule has 230 valence electrons. The van der Waals surface area contributed by atoms with Gasteiger partial charge < -0.3 is 31.3 Å². The maximum atomic E-state index is 11.5. The van der Waals surface area contributed by atoms with Crippen molar-refractivity contribution in [2.75, 3.05) is 13.1 Å². The zero-order chi connectivity index (χ0) is 31.3. The fourth-order valence-electron chi connectivity index (χ4n) is 3.82. The average molecular weight is 648 g/mol. The predicted octanol–water partition coefficient (Wildman–Crippen LogP) is 0.581. The van der Waals surface area contributed by atoms with Crippen molar-refractivity contribution >= 4 is 30.4 Å². The summed E-state index contributed by atoms with van der Waals surface area (Å²) in [6.45, 7) is 0.0645. The molecule has 0 unspecified atom stereocenters. The predicted molar refractivity (Wildman–Crippen MR) is 148 cm³/mol. The van der Waals surface area contributed by atoms with Crippen LogP contribution in [0.5, 0.6) is 17.2 Å². The molecule has 9 N–H and O–H groups in total. The van der Waals surface area contributed by atoms with Gasteiger partial charge in [0.1, 0.15) is 17.2 Å². The molecule has 3 aromatic rings. The first-order valence-corrected chi connectivity index (χ1v) is 16.3. The molecule has 15 nitrogen and oxygen atoms in total. The normalized spacial score (nSPS) is 12.6. The smallest absolute Gasteiger partial charge is 0.294 e. The second-order valence-corrected chi connectivity index (χ2v) is 13.4. The van der Waals surface area contributed by atoms with E-state index in [4.69, 9.17) is 0 Å². The molecule has 0 amide bonds. The largest absolute Gasteiger partial charge is 0.508 e. The van der Waals surface area contributed by atoms with Crippen LogP contribution in [0.3, 0.4) is 0 Å². The van der Waals surface area contributed by atoms with Gasteiger partial charge in [-0.25, -0.2) is 0 Å². The highest BCUT2D eigenvalue weighted by molar-refractivity contribution is 7.86. The van der Waals surface area contributed by atoms with Crippen LogP contribution in [0, 0.1) is 0 Å². The third kappa shape index (κ3) is 9.34. The second-order valence-electron chi connectivity index (χ2n) is 9.14. The van der Waals surface area contributed by atoms with Gasteiger partial charge in [-0.3, -0.25) is 13.7 Å². The maximum absolute atomic E-state index is 11.5. The quantitative estimate of drug-likeness (QED) is 0.108. The molecule has 0 saturated heterocycles. The SMILES string of the molecule is O=S(=O)(O)c1ccc(O)c(CNCC(CNCc2cc(S(=O)(=O)O)ccc2O)NCc2cc(S(=O)(=O)O)ccc2O)c1. The number of rotatable bonds is 14. The highest BCUT2D eigenvalue weighted by Crippen LogP contribution is 2.23. The molecule has 0 fully saturated rings. The molecule has 0 heterocycles. The lowest BCUT2D eigenvalue weighted by molar-refractivity contribution is 0.420. The van der Waals surface area contributed by atoms with Gasteiger partial charge in [-0.1, -0.05) is 0 Å². The first-order valence-electron chi connectivity index (χ1n) is 12.0. The molecule has 3 aromatic carbocycles. The Labute approximate surface area is 242 Å². The van der Waals surface area contributed by atoms with Crippen LogP contribution in [0.15, 0.2) is 69.3 Å². The lowest BCUT2D eigenvalue weighted by Gasteiger charge is -2.21. The van der Waals surface area contributed by atoms with E-state index in [9.17, 15) is 54.2 Å². The molecule has 0 radical (unpaired) electrons. The maximum Gasteiger partial charge on any atom is 0.294 e. The van der Waals surface area contributed by atoms with E-state index in [-0.39, 0.29) is 66.7 Å². The summed E-state index contributed by atoms with van der Waals surface area (Å²) >= 11 is 0. The topological polar surface area (TPSA) is 260 Å². The number of aromatic hydroxyl groups is 3. The Morgan fingerprint density at radius 3 is 1.14 bits per heavy atom. The van der Waals surface area contributed by atoms with Crippen molar-refractivity contribution < 1.29 is 54.2 Å². The lowest BCUT2D eigenvalue weighted by Crippen LogP contribution is -2.45. The Hall–Kier alpha value is -3.33. The van der Waals surface area contributed by atoms with Gasteiger partial charge in [-0.05, 0) is 54.6 Å². The minimum atomic E-state index is -4.54. The summed E-state index contributed by atoms with van der Waals surface area (Å²) in [6, 6.07) is 9.11. The van der Waals surface area contributed by atoms with Gasteiger partial charge in [0.2, 0.25) is 0 Å². The number of phenolic OH excluding ortho intramolecular Hbond substituents is 3. The summed E-state index contributed by atoms with van der Waals surface area (Å²) in [5, 5.41) is 39.4. The van der Waals surface area contributed by atoms with Gasteiger partial charge in [0.25, 0.3) is 30.4 Å². The van der Waals surface area contributed by atoms with E-state index in [1.165, 1.54) is 0 Å². The van der Waals surface area contributed by atoms with Crippen LogP contribution >= 0.6 is 0 Å². The van der Waals surface area contributed by atoms with E-state index in [0.717, 1.165) is 54.6 Å². The summed E-state index contributed by atoms with van der Waals surface area (Å²) in [5.74, 6) is -0.731. The van der Waals surface area contributed by atoms with Crippen LogP contribution in [0.1, 0.15) is 16.7 Å². The lowest BCUT2D eigenvalue weighted by atomic mass is 10.1. The Balaban J connectivity index is 1.75. The Bertz CT molecular complexity index is 1670. The first-order chi connectivity index (χ1) is 19.4. The summed E-state index contributed by atoms with van der Waals surface area (Å²) in [6.07, 6.45) is 0. The van der Waals surface area contributed by atoms with Gasteiger partial charge in [-0.15, -0.1) is 0 Å². The van der Waals surface area contributed by atoms with Crippen molar-refractivity contribution in [1.29, 1.82) is 0 Å². The van der Waals surface area contributed by atoms with Gasteiger partial charge in [0, 0.05) is 55.5 Å².